The largest absolute Gasteiger partial charge is 0.416 e. The number of hydrogen-bond donors (Lipinski definition) is 0. The van der Waals surface area contributed by atoms with E-state index in [0.717, 1.165) is 23.3 Å². The zero-order chi connectivity index (χ0) is 20.2. The Morgan fingerprint density at radius 3 is 1.68 bits per heavy atom. The first-order valence-electron chi connectivity index (χ1n) is 8.52. The normalized spacial score (nSPS) is 12.3. The molecule has 28 heavy (non-hydrogen) atoms. The van der Waals surface area contributed by atoms with Crippen LogP contribution in [0.2, 0.25) is 0 Å². The summed E-state index contributed by atoms with van der Waals surface area (Å²) >= 11 is 0. The number of benzene rings is 3. The first-order chi connectivity index (χ1) is 13.3. The summed E-state index contributed by atoms with van der Waals surface area (Å²) in [7, 11) is -4.15. The fourth-order valence-corrected chi connectivity index (χ4v) is 4.24. The first kappa shape index (κ1) is 20.1. The van der Waals surface area contributed by atoms with Crippen LogP contribution in [0.3, 0.4) is 0 Å². The average molecular weight is 405 g/mol. The summed E-state index contributed by atoms with van der Waals surface area (Å²) in [5, 5.41) is 0. The van der Waals surface area contributed by atoms with Crippen molar-refractivity contribution in [2.24, 2.45) is 0 Å². The second kappa shape index (κ2) is 8.16. The molecule has 0 aliphatic rings. The summed E-state index contributed by atoms with van der Waals surface area (Å²) < 4.78 is 66.7. The molecule has 146 valence electrons. The van der Waals surface area contributed by atoms with Crippen molar-refractivity contribution in [2.75, 3.05) is 0 Å². The minimum Gasteiger partial charge on any atom is -0.207 e. The lowest BCUT2D eigenvalue weighted by Gasteiger charge is -2.23. The highest BCUT2D eigenvalue weighted by Gasteiger charge is 2.33. The zero-order valence-electron chi connectivity index (χ0n) is 14.8. The zero-order valence-corrected chi connectivity index (χ0v) is 15.6. The third-order valence-corrected chi connectivity index (χ3v) is 5.99. The molecule has 3 aromatic rings. The van der Waals surface area contributed by atoms with Crippen LogP contribution in [-0.2, 0) is 29.3 Å². The van der Waals surface area contributed by atoms with Crippen molar-refractivity contribution < 1.29 is 21.6 Å². The van der Waals surface area contributed by atoms with Crippen molar-refractivity contribution in [3.63, 3.8) is 0 Å². The lowest BCUT2D eigenvalue weighted by atomic mass is 10.2. The fourth-order valence-electron chi connectivity index (χ4n) is 2.78. The van der Waals surface area contributed by atoms with Gasteiger partial charge in [0.25, 0.3) is 0 Å². The Balaban J connectivity index is 2.00. The molecule has 0 amide bonds. The smallest absolute Gasteiger partial charge is 0.207 e. The average Bonchev–Trinajstić information content (AvgIpc) is 2.68. The van der Waals surface area contributed by atoms with Crippen LogP contribution in [0.25, 0.3) is 0 Å². The maximum atomic E-state index is 13.2. The van der Waals surface area contributed by atoms with Crippen LogP contribution in [0.1, 0.15) is 16.7 Å². The highest BCUT2D eigenvalue weighted by molar-refractivity contribution is 7.89. The third-order valence-electron chi connectivity index (χ3n) is 4.20. The Labute approximate surface area is 162 Å². The molecular formula is C21H18F3NO2S. The molecule has 0 bridgehead atoms. The van der Waals surface area contributed by atoms with Crippen LogP contribution < -0.4 is 0 Å². The van der Waals surface area contributed by atoms with Gasteiger partial charge in [-0.1, -0.05) is 66.7 Å². The van der Waals surface area contributed by atoms with Crippen molar-refractivity contribution >= 4 is 10.0 Å². The van der Waals surface area contributed by atoms with Gasteiger partial charge < -0.3 is 0 Å². The molecule has 0 saturated carbocycles. The van der Waals surface area contributed by atoms with Crippen molar-refractivity contribution in [3.05, 3.63) is 102 Å². The molecular weight excluding hydrogens is 387 g/mol. The van der Waals surface area contributed by atoms with Gasteiger partial charge in [0.15, 0.2) is 0 Å². The summed E-state index contributed by atoms with van der Waals surface area (Å²) in [5.74, 6) is 0. The highest BCUT2D eigenvalue weighted by Crippen LogP contribution is 2.31. The van der Waals surface area contributed by atoms with E-state index in [1.165, 1.54) is 10.4 Å². The molecule has 3 rings (SSSR count). The lowest BCUT2D eigenvalue weighted by Crippen LogP contribution is -2.30. The fraction of sp³-hybridized carbons (Fsp3) is 0.143. The number of sulfonamides is 1. The van der Waals surface area contributed by atoms with E-state index in [0.29, 0.717) is 6.07 Å². The van der Waals surface area contributed by atoms with E-state index in [9.17, 15) is 21.6 Å². The Bertz CT molecular complexity index is 979. The maximum Gasteiger partial charge on any atom is 0.416 e. The lowest BCUT2D eigenvalue weighted by molar-refractivity contribution is -0.137. The van der Waals surface area contributed by atoms with E-state index in [4.69, 9.17) is 0 Å². The summed E-state index contributed by atoms with van der Waals surface area (Å²) in [4.78, 5) is -0.380. The van der Waals surface area contributed by atoms with Gasteiger partial charge in [0.05, 0.1) is 10.5 Å². The number of alkyl halides is 3. The van der Waals surface area contributed by atoms with Crippen LogP contribution >= 0.6 is 0 Å². The van der Waals surface area contributed by atoms with E-state index in [1.54, 1.807) is 48.5 Å². The van der Waals surface area contributed by atoms with Gasteiger partial charge in [-0.3, -0.25) is 0 Å². The van der Waals surface area contributed by atoms with Crippen molar-refractivity contribution in [3.8, 4) is 0 Å². The van der Waals surface area contributed by atoms with Crippen molar-refractivity contribution in [2.45, 2.75) is 24.2 Å². The van der Waals surface area contributed by atoms with Gasteiger partial charge in [-0.05, 0) is 29.3 Å². The summed E-state index contributed by atoms with van der Waals surface area (Å²) in [6.07, 6.45) is -4.62. The Morgan fingerprint density at radius 1 is 0.714 bits per heavy atom. The van der Waals surface area contributed by atoms with Gasteiger partial charge in [0, 0.05) is 13.1 Å². The van der Waals surface area contributed by atoms with Gasteiger partial charge >= 0.3 is 6.18 Å². The Hall–Kier alpha value is -2.64. The van der Waals surface area contributed by atoms with E-state index >= 15 is 0 Å². The van der Waals surface area contributed by atoms with Crippen molar-refractivity contribution in [1.82, 2.24) is 4.31 Å². The quantitative estimate of drug-likeness (QED) is 0.572. The summed E-state index contributed by atoms with van der Waals surface area (Å²) in [6, 6.07) is 21.7. The van der Waals surface area contributed by atoms with Gasteiger partial charge in [-0.25, -0.2) is 8.42 Å². The molecule has 0 aromatic heterocycles. The van der Waals surface area contributed by atoms with E-state index < -0.39 is 21.8 Å². The van der Waals surface area contributed by atoms with Crippen molar-refractivity contribution in [1.29, 1.82) is 0 Å². The van der Waals surface area contributed by atoms with Gasteiger partial charge in [0.1, 0.15) is 0 Å². The molecule has 7 heteroatoms. The van der Waals surface area contributed by atoms with E-state index in [1.807, 2.05) is 12.1 Å². The molecule has 0 heterocycles. The molecule has 0 unspecified atom stereocenters. The number of hydrogen-bond acceptors (Lipinski definition) is 2. The SMILES string of the molecule is O=S(=O)(c1cccc(C(F)(F)F)c1)N(Cc1ccccc1)Cc1ccccc1. The standard InChI is InChI=1S/C21H18F3NO2S/c22-21(23,24)19-12-7-13-20(14-19)28(26,27)25(15-17-8-3-1-4-9-17)16-18-10-5-2-6-11-18/h1-14H,15-16H2. The summed E-state index contributed by atoms with van der Waals surface area (Å²) in [5.41, 5.74) is 0.496. The summed E-state index contributed by atoms with van der Waals surface area (Å²) in [6.45, 7) is 0.0998. The van der Waals surface area contributed by atoms with E-state index in [-0.39, 0.29) is 18.0 Å². The molecule has 3 aromatic carbocycles. The molecule has 0 N–H and O–H groups in total. The molecule has 0 atom stereocenters. The van der Waals surface area contributed by atoms with Crippen LogP contribution in [0.4, 0.5) is 13.2 Å². The van der Waals surface area contributed by atoms with Gasteiger partial charge in [0.2, 0.25) is 10.0 Å². The number of halogens is 3. The van der Waals surface area contributed by atoms with Crippen LogP contribution in [0, 0.1) is 0 Å². The highest BCUT2D eigenvalue weighted by atomic mass is 32.2. The predicted molar refractivity (Wildman–Crippen MR) is 101 cm³/mol. The van der Waals surface area contributed by atoms with Crippen LogP contribution in [-0.4, -0.2) is 12.7 Å². The predicted octanol–water partition coefficient (Wildman–Crippen LogP) is 5.10. The van der Waals surface area contributed by atoms with Crippen LogP contribution in [0.5, 0.6) is 0 Å². The molecule has 0 spiro atoms. The van der Waals surface area contributed by atoms with Crippen LogP contribution in [0.15, 0.2) is 89.8 Å². The minimum atomic E-state index is -4.62. The number of rotatable bonds is 6. The second-order valence-corrected chi connectivity index (χ2v) is 8.21. The van der Waals surface area contributed by atoms with Gasteiger partial charge in [-0.15, -0.1) is 0 Å². The molecule has 0 aliphatic heterocycles. The number of nitrogens with zero attached hydrogens (tertiary/aromatic N) is 1. The molecule has 0 fully saturated rings. The molecule has 0 saturated heterocycles. The van der Waals surface area contributed by atoms with Gasteiger partial charge in [-0.2, -0.15) is 17.5 Å². The third kappa shape index (κ3) is 4.79. The topological polar surface area (TPSA) is 37.4 Å². The Kier molecular flexibility index (Phi) is 5.86. The minimum absolute atomic E-state index is 0.0499. The second-order valence-electron chi connectivity index (χ2n) is 6.27. The molecule has 3 nitrogen and oxygen atoms in total. The molecule has 0 aliphatic carbocycles. The first-order valence-corrected chi connectivity index (χ1v) is 9.96. The maximum absolute atomic E-state index is 13.2. The monoisotopic (exact) mass is 405 g/mol. The van der Waals surface area contributed by atoms with E-state index in [2.05, 4.69) is 0 Å². The molecule has 0 radical (unpaired) electrons. The Morgan fingerprint density at radius 2 is 1.21 bits per heavy atom.